The molecular weight excluding hydrogens is 226 g/mol. The van der Waals surface area contributed by atoms with Gasteiger partial charge in [-0.25, -0.2) is 9.97 Å². The fourth-order valence-electron chi connectivity index (χ4n) is 1.02. The van der Waals surface area contributed by atoms with Crippen molar-refractivity contribution < 1.29 is 9.84 Å². The van der Waals surface area contributed by atoms with Crippen molar-refractivity contribution in [2.24, 2.45) is 0 Å². The summed E-state index contributed by atoms with van der Waals surface area (Å²) in [7, 11) is 1.59. The van der Waals surface area contributed by atoms with Gasteiger partial charge in [0.15, 0.2) is 5.75 Å². The van der Waals surface area contributed by atoms with Gasteiger partial charge in [-0.3, -0.25) is 0 Å². The van der Waals surface area contributed by atoms with E-state index in [4.69, 9.17) is 9.84 Å². The van der Waals surface area contributed by atoms with E-state index < -0.39 is 0 Å². The Morgan fingerprint density at radius 3 is 2.75 bits per heavy atom. The summed E-state index contributed by atoms with van der Waals surface area (Å²) in [6.45, 7) is 1.09. The van der Waals surface area contributed by atoms with Crippen molar-refractivity contribution >= 4 is 17.7 Å². The van der Waals surface area contributed by atoms with Crippen molar-refractivity contribution in [3.8, 4) is 5.75 Å². The molecule has 5 nitrogen and oxygen atoms in total. The maximum Gasteiger partial charge on any atom is 0.222 e. The van der Waals surface area contributed by atoms with E-state index in [1.54, 1.807) is 31.3 Å². The van der Waals surface area contributed by atoms with Gasteiger partial charge >= 0.3 is 0 Å². The van der Waals surface area contributed by atoms with Crippen molar-refractivity contribution in [2.45, 2.75) is 6.42 Å². The van der Waals surface area contributed by atoms with Gasteiger partial charge in [-0.2, -0.15) is 11.8 Å². The molecule has 2 N–H and O–H groups in total. The van der Waals surface area contributed by atoms with Crippen LogP contribution in [0.4, 0.5) is 5.95 Å². The van der Waals surface area contributed by atoms with Crippen LogP contribution in [0.15, 0.2) is 12.4 Å². The zero-order chi connectivity index (χ0) is 11.6. The molecule has 0 fully saturated rings. The van der Waals surface area contributed by atoms with Crippen LogP contribution in [0.2, 0.25) is 0 Å². The molecule has 0 aliphatic carbocycles. The molecule has 1 aromatic heterocycles. The Bertz CT molecular complexity index is 282. The molecule has 0 radical (unpaired) electrons. The Balaban J connectivity index is 2.12. The van der Waals surface area contributed by atoms with E-state index >= 15 is 0 Å². The first kappa shape index (κ1) is 13.1. The van der Waals surface area contributed by atoms with E-state index in [2.05, 4.69) is 15.3 Å². The lowest BCUT2D eigenvalue weighted by atomic mass is 10.5. The molecule has 6 heteroatoms. The second-order valence-corrected chi connectivity index (χ2v) is 4.29. The summed E-state index contributed by atoms with van der Waals surface area (Å²) in [5, 5.41) is 11.7. The van der Waals surface area contributed by atoms with Gasteiger partial charge in [0.2, 0.25) is 5.95 Å². The van der Waals surface area contributed by atoms with Crippen LogP contribution >= 0.6 is 11.8 Å². The molecule has 0 aliphatic heterocycles. The predicted octanol–water partition coefficient (Wildman–Crippen LogP) is 1.01. The first-order valence-corrected chi connectivity index (χ1v) is 6.31. The third kappa shape index (κ3) is 5.18. The molecule has 0 unspecified atom stereocenters. The normalized spacial score (nSPS) is 10.1. The molecule has 0 saturated heterocycles. The highest BCUT2D eigenvalue weighted by molar-refractivity contribution is 7.99. The van der Waals surface area contributed by atoms with Crippen LogP contribution in [0.5, 0.6) is 5.75 Å². The van der Waals surface area contributed by atoms with E-state index in [0.717, 1.165) is 24.5 Å². The molecule has 0 aromatic carbocycles. The maximum absolute atomic E-state index is 8.59. The highest BCUT2D eigenvalue weighted by Gasteiger charge is 1.96. The topological polar surface area (TPSA) is 67.3 Å². The number of aliphatic hydroxyl groups excluding tert-OH is 1. The summed E-state index contributed by atoms with van der Waals surface area (Å²) in [5.74, 6) is 3.24. The fraction of sp³-hybridized carbons (Fsp3) is 0.600. The molecule has 0 atom stereocenters. The van der Waals surface area contributed by atoms with Crippen molar-refractivity contribution in [1.29, 1.82) is 0 Å². The zero-order valence-corrected chi connectivity index (χ0v) is 10.2. The second-order valence-electron chi connectivity index (χ2n) is 3.06. The van der Waals surface area contributed by atoms with Crippen molar-refractivity contribution in [3.63, 3.8) is 0 Å². The van der Waals surface area contributed by atoms with Gasteiger partial charge in [0, 0.05) is 18.9 Å². The minimum Gasteiger partial charge on any atom is -0.494 e. The molecular formula is C10H17N3O2S. The van der Waals surface area contributed by atoms with Crippen LogP contribution in [0.1, 0.15) is 6.42 Å². The molecule has 90 valence electrons. The number of thioether (sulfide) groups is 1. The van der Waals surface area contributed by atoms with E-state index in [9.17, 15) is 0 Å². The Morgan fingerprint density at radius 2 is 2.12 bits per heavy atom. The first-order valence-electron chi connectivity index (χ1n) is 5.15. The Morgan fingerprint density at radius 1 is 1.38 bits per heavy atom. The zero-order valence-electron chi connectivity index (χ0n) is 9.35. The SMILES string of the molecule is COc1cnc(NCCSCCCO)nc1. The number of aliphatic hydroxyl groups is 1. The summed E-state index contributed by atoms with van der Waals surface area (Å²) in [5.41, 5.74) is 0. The van der Waals surface area contributed by atoms with E-state index in [1.807, 2.05) is 0 Å². The van der Waals surface area contributed by atoms with Gasteiger partial charge in [0.05, 0.1) is 19.5 Å². The van der Waals surface area contributed by atoms with Crippen LogP contribution < -0.4 is 10.1 Å². The van der Waals surface area contributed by atoms with Crippen LogP contribution in [0.3, 0.4) is 0 Å². The highest BCUT2D eigenvalue weighted by atomic mass is 32.2. The molecule has 0 bridgehead atoms. The largest absolute Gasteiger partial charge is 0.494 e. The number of hydrogen-bond donors (Lipinski definition) is 2. The van der Waals surface area contributed by atoms with Crippen molar-refractivity contribution in [1.82, 2.24) is 9.97 Å². The van der Waals surface area contributed by atoms with Crippen LogP contribution in [0, 0.1) is 0 Å². The lowest BCUT2D eigenvalue weighted by Gasteiger charge is -2.04. The molecule has 0 spiro atoms. The number of nitrogens with one attached hydrogen (secondary N) is 1. The molecule has 1 heterocycles. The third-order valence-electron chi connectivity index (χ3n) is 1.84. The Hall–Kier alpha value is -1.01. The van der Waals surface area contributed by atoms with Gasteiger partial charge < -0.3 is 15.2 Å². The summed E-state index contributed by atoms with van der Waals surface area (Å²) in [4.78, 5) is 8.17. The quantitative estimate of drug-likeness (QED) is 0.664. The fourth-order valence-corrected chi connectivity index (χ4v) is 1.80. The number of hydrogen-bond acceptors (Lipinski definition) is 6. The number of methoxy groups -OCH3 is 1. The monoisotopic (exact) mass is 243 g/mol. The van der Waals surface area contributed by atoms with Crippen LogP contribution in [0.25, 0.3) is 0 Å². The second kappa shape index (κ2) is 8.18. The average molecular weight is 243 g/mol. The van der Waals surface area contributed by atoms with E-state index in [1.165, 1.54) is 0 Å². The molecule has 0 aliphatic rings. The number of nitrogens with zero attached hydrogens (tertiary/aromatic N) is 2. The summed E-state index contributed by atoms with van der Waals surface area (Å²) in [6, 6.07) is 0. The van der Waals surface area contributed by atoms with Gasteiger partial charge in [-0.15, -0.1) is 0 Å². The van der Waals surface area contributed by atoms with Gasteiger partial charge in [0.1, 0.15) is 0 Å². The van der Waals surface area contributed by atoms with Crippen molar-refractivity contribution in [2.75, 3.05) is 37.1 Å². The third-order valence-corrected chi connectivity index (χ3v) is 2.91. The first-order chi connectivity index (χ1) is 7.86. The molecule has 0 saturated carbocycles. The Labute approximate surface area is 99.6 Å². The predicted molar refractivity (Wildman–Crippen MR) is 66.1 cm³/mol. The van der Waals surface area contributed by atoms with Gasteiger partial charge in [-0.1, -0.05) is 0 Å². The minimum atomic E-state index is 0.266. The number of anilines is 1. The van der Waals surface area contributed by atoms with Crippen LogP contribution in [-0.2, 0) is 0 Å². The van der Waals surface area contributed by atoms with Gasteiger partial charge in [-0.05, 0) is 12.2 Å². The van der Waals surface area contributed by atoms with E-state index in [-0.39, 0.29) is 6.61 Å². The highest BCUT2D eigenvalue weighted by Crippen LogP contribution is 2.07. The lowest BCUT2D eigenvalue weighted by molar-refractivity contribution is 0.296. The number of aromatic nitrogens is 2. The Kier molecular flexibility index (Phi) is 6.67. The van der Waals surface area contributed by atoms with Crippen molar-refractivity contribution in [3.05, 3.63) is 12.4 Å². The number of ether oxygens (including phenoxy) is 1. The smallest absolute Gasteiger partial charge is 0.222 e. The summed E-state index contributed by atoms with van der Waals surface area (Å²) >= 11 is 1.80. The van der Waals surface area contributed by atoms with E-state index in [0.29, 0.717) is 11.7 Å². The summed E-state index contributed by atoms with van der Waals surface area (Å²) < 4.78 is 4.96. The standard InChI is InChI=1S/C10H17N3O2S/c1-15-9-7-12-10(13-8-9)11-3-6-16-5-2-4-14/h7-8,14H,2-6H2,1H3,(H,11,12,13). The minimum absolute atomic E-state index is 0.266. The van der Waals surface area contributed by atoms with Crippen LogP contribution in [-0.4, -0.2) is 46.8 Å². The van der Waals surface area contributed by atoms with Gasteiger partial charge in [0.25, 0.3) is 0 Å². The molecule has 0 amide bonds. The number of rotatable bonds is 8. The molecule has 16 heavy (non-hydrogen) atoms. The molecule has 1 aromatic rings. The average Bonchev–Trinajstić information content (AvgIpc) is 2.34. The maximum atomic E-state index is 8.59. The molecule has 1 rings (SSSR count). The lowest BCUT2D eigenvalue weighted by Crippen LogP contribution is -2.07. The summed E-state index contributed by atoms with van der Waals surface area (Å²) in [6.07, 6.45) is 4.12.